The van der Waals surface area contributed by atoms with E-state index in [1.807, 2.05) is 30.3 Å². The number of primary amides is 1. The molecule has 7 heteroatoms. The first-order valence-corrected chi connectivity index (χ1v) is 8.43. The minimum absolute atomic E-state index is 0.0653. The van der Waals surface area contributed by atoms with Gasteiger partial charge in [-0.3, -0.25) is 0 Å². The van der Waals surface area contributed by atoms with Crippen molar-refractivity contribution in [1.29, 1.82) is 0 Å². The summed E-state index contributed by atoms with van der Waals surface area (Å²) < 4.78 is 28.5. The van der Waals surface area contributed by atoms with E-state index < -0.39 is 16.2 Å². The maximum atomic E-state index is 12.1. The summed E-state index contributed by atoms with van der Waals surface area (Å²) in [5.41, 5.74) is 12.8. The highest BCUT2D eigenvalue weighted by atomic mass is 32.2. The van der Waals surface area contributed by atoms with Crippen molar-refractivity contribution in [3.63, 3.8) is 0 Å². The maximum absolute atomic E-state index is 12.1. The summed E-state index contributed by atoms with van der Waals surface area (Å²) in [5, 5.41) is 0. The quantitative estimate of drug-likeness (QED) is 0.781. The second-order valence-electron chi connectivity index (χ2n) is 4.99. The van der Waals surface area contributed by atoms with Gasteiger partial charge in [0.25, 0.3) is 0 Å². The number of hydrogen-bond donors (Lipinski definition) is 2. The minimum Gasteiger partial charge on any atom is -0.334 e. The van der Waals surface area contributed by atoms with Gasteiger partial charge < -0.3 is 15.7 Å². The molecule has 0 fully saturated rings. The Morgan fingerprint density at radius 3 is 2.30 bits per heavy atom. The molecular formula is C16H18N2O4S. The van der Waals surface area contributed by atoms with Crippen molar-refractivity contribution in [2.24, 2.45) is 11.5 Å². The highest BCUT2D eigenvalue weighted by molar-refractivity contribution is 7.87. The van der Waals surface area contributed by atoms with E-state index in [0.29, 0.717) is 18.4 Å². The first kappa shape index (κ1) is 17.0. The van der Waals surface area contributed by atoms with Crippen LogP contribution in [0.5, 0.6) is 0 Å². The number of hydrogen-bond acceptors (Lipinski definition) is 5. The highest BCUT2D eigenvalue weighted by Crippen LogP contribution is 2.22. The molecule has 0 aliphatic rings. The molecular weight excluding hydrogens is 316 g/mol. The number of rotatable bonds is 6. The molecule has 0 aromatic heterocycles. The number of amides is 1. The molecule has 0 heterocycles. The van der Waals surface area contributed by atoms with E-state index in [-0.39, 0.29) is 11.4 Å². The Hall–Kier alpha value is -2.38. The average Bonchev–Trinajstić information content (AvgIpc) is 2.52. The Kier molecular flexibility index (Phi) is 5.36. The molecule has 0 radical (unpaired) electrons. The van der Waals surface area contributed by atoms with Gasteiger partial charge in [-0.2, -0.15) is 8.42 Å². The average molecular weight is 334 g/mol. The summed E-state index contributed by atoms with van der Waals surface area (Å²) in [6, 6.07) is 14.3. The predicted molar refractivity (Wildman–Crippen MR) is 86.0 cm³/mol. The Morgan fingerprint density at radius 2 is 1.70 bits per heavy atom. The van der Waals surface area contributed by atoms with Crippen molar-refractivity contribution in [3.05, 3.63) is 65.2 Å². The zero-order valence-corrected chi connectivity index (χ0v) is 13.3. The number of benzene rings is 2. The zero-order valence-electron chi connectivity index (χ0n) is 12.4. The Morgan fingerprint density at radius 1 is 1.00 bits per heavy atom. The molecule has 2 aromatic carbocycles. The van der Waals surface area contributed by atoms with Crippen LogP contribution in [-0.2, 0) is 33.7 Å². The van der Waals surface area contributed by atoms with E-state index in [2.05, 4.69) is 4.18 Å². The van der Waals surface area contributed by atoms with E-state index in [1.165, 1.54) is 6.07 Å². The van der Waals surface area contributed by atoms with Crippen molar-refractivity contribution in [3.8, 4) is 0 Å². The summed E-state index contributed by atoms with van der Waals surface area (Å²) >= 11 is 0. The largest absolute Gasteiger partial charge is 0.420 e. The monoisotopic (exact) mass is 334 g/mol. The van der Waals surface area contributed by atoms with Crippen LogP contribution < -0.4 is 11.5 Å². The van der Waals surface area contributed by atoms with Crippen LogP contribution in [0, 0.1) is 0 Å². The van der Waals surface area contributed by atoms with E-state index >= 15 is 0 Å². The second kappa shape index (κ2) is 7.26. The van der Waals surface area contributed by atoms with Crippen molar-refractivity contribution in [1.82, 2.24) is 0 Å². The molecule has 0 unspecified atom stereocenters. The summed E-state index contributed by atoms with van der Waals surface area (Å²) in [6.07, 6.45) is -0.246. The minimum atomic E-state index is -4.23. The van der Waals surface area contributed by atoms with E-state index in [1.54, 1.807) is 12.1 Å². The Bertz CT molecular complexity index is 789. The van der Waals surface area contributed by atoms with Crippen LogP contribution in [0.4, 0.5) is 4.79 Å². The van der Waals surface area contributed by atoms with Crippen LogP contribution >= 0.6 is 0 Å². The summed E-state index contributed by atoms with van der Waals surface area (Å²) in [7, 11) is -4.23. The summed E-state index contributed by atoms with van der Waals surface area (Å²) in [4.78, 5) is 10.7. The van der Waals surface area contributed by atoms with Crippen molar-refractivity contribution in [2.75, 3.05) is 0 Å². The molecule has 0 saturated carbocycles. The highest BCUT2D eigenvalue weighted by Gasteiger charge is 2.22. The predicted octanol–water partition coefficient (Wildman–Crippen LogP) is 1.71. The fourth-order valence-corrected chi connectivity index (χ4v) is 3.30. The lowest BCUT2D eigenvalue weighted by Gasteiger charge is -2.11. The van der Waals surface area contributed by atoms with Gasteiger partial charge in [-0.15, -0.1) is 0 Å². The van der Waals surface area contributed by atoms with Gasteiger partial charge in [0.15, 0.2) is 0 Å². The van der Waals surface area contributed by atoms with Gasteiger partial charge in [0.1, 0.15) is 4.90 Å². The van der Waals surface area contributed by atoms with Gasteiger partial charge in [0, 0.05) is 6.54 Å². The van der Waals surface area contributed by atoms with E-state index in [4.69, 9.17) is 11.5 Å². The molecule has 0 saturated heterocycles. The van der Waals surface area contributed by atoms with Gasteiger partial charge in [-0.1, -0.05) is 42.5 Å². The Balaban J connectivity index is 2.33. The number of carbonyl (C=O) groups is 1. The number of nitrogens with two attached hydrogens (primary N) is 2. The maximum Gasteiger partial charge on any atom is 0.420 e. The molecule has 0 aliphatic heterocycles. The molecule has 122 valence electrons. The normalized spacial score (nSPS) is 11.2. The Labute approximate surface area is 135 Å². The van der Waals surface area contributed by atoms with Crippen LogP contribution in [0.1, 0.15) is 16.7 Å². The third-order valence-electron chi connectivity index (χ3n) is 3.35. The zero-order chi connectivity index (χ0) is 16.9. The first-order chi connectivity index (χ1) is 10.9. The lowest BCUT2D eigenvalue weighted by atomic mass is 10.0. The van der Waals surface area contributed by atoms with Crippen molar-refractivity contribution >= 4 is 16.2 Å². The molecule has 0 atom stereocenters. The molecule has 1 amide bonds. The molecule has 2 rings (SSSR count). The fraction of sp³-hybridized carbons (Fsp3) is 0.188. The second-order valence-corrected chi connectivity index (χ2v) is 6.50. The molecule has 2 aromatic rings. The van der Waals surface area contributed by atoms with Crippen LogP contribution in [0.3, 0.4) is 0 Å². The van der Waals surface area contributed by atoms with Crippen LogP contribution in [-0.4, -0.2) is 14.5 Å². The van der Waals surface area contributed by atoms with Gasteiger partial charge in [-0.05, 0) is 35.6 Å². The van der Waals surface area contributed by atoms with Gasteiger partial charge >= 0.3 is 16.2 Å². The van der Waals surface area contributed by atoms with Crippen LogP contribution in [0.2, 0.25) is 0 Å². The third kappa shape index (κ3) is 4.54. The SMILES string of the molecule is NCc1ccc(S(=O)(=O)OC(N)=O)c(CCc2ccccc2)c1. The van der Waals surface area contributed by atoms with Crippen LogP contribution in [0.25, 0.3) is 0 Å². The summed E-state index contributed by atoms with van der Waals surface area (Å²) in [6.45, 7) is 0.287. The molecule has 6 nitrogen and oxygen atoms in total. The lowest BCUT2D eigenvalue weighted by molar-refractivity contribution is 0.212. The number of carbonyl (C=O) groups excluding carboxylic acids is 1. The van der Waals surface area contributed by atoms with Crippen molar-refractivity contribution < 1.29 is 17.4 Å². The van der Waals surface area contributed by atoms with Crippen LogP contribution in [0.15, 0.2) is 53.4 Å². The topological polar surface area (TPSA) is 112 Å². The molecule has 0 aliphatic carbocycles. The van der Waals surface area contributed by atoms with Crippen molar-refractivity contribution in [2.45, 2.75) is 24.3 Å². The standard InChI is InChI=1S/C16H18N2O4S/c17-11-13-7-9-15(23(20,21)22-16(18)19)14(10-13)8-6-12-4-2-1-3-5-12/h1-5,7,9-10H,6,8,11,17H2,(H2,18,19). The first-order valence-electron chi connectivity index (χ1n) is 7.02. The smallest absolute Gasteiger partial charge is 0.334 e. The van der Waals surface area contributed by atoms with Gasteiger partial charge in [-0.25, -0.2) is 4.79 Å². The van der Waals surface area contributed by atoms with Gasteiger partial charge in [0.2, 0.25) is 0 Å². The molecule has 23 heavy (non-hydrogen) atoms. The van der Waals surface area contributed by atoms with E-state index in [0.717, 1.165) is 11.1 Å². The molecule has 0 spiro atoms. The summed E-state index contributed by atoms with van der Waals surface area (Å²) in [5.74, 6) is 0. The lowest BCUT2D eigenvalue weighted by Crippen LogP contribution is -2.20. The van der Waals surface area contributed by atoms with Gasteiger partial charge in [0.05, 0.1) is 0 Å². The third-order valence-corrected chi connectivity index (χ3v) is 4.67. The molecule has 4 N–H and O–H groups in total. The van der Waals surface area contributed by atoms with E-state index in [9.17, 15) is 13.2 Å². The fourth-order valence-electron chi connectivity index (χ4n) is 2.28. The number of aryl methyl sites for hydroxylation is 2. The molecule has 0 bridgehead atoms.